The average molecular weight is 619 g/mol. The molecule has 0 unspecified atom stereocenters. The molecule has 1 aliphatic rings. The Bertz CT molecular complexity index is 2120. The molecule has 4 aromatic rings. The molecular weight excluding hydrogens is 584 g/mol. The molecule has 224 valence electrons. The molecule has 0 atom stereocenters. The van der Waals surface area contributed by atoms with Crippen LogP contribution < -0.4 is 51.8 Å². The molecule has 43 heavy (non-hydrogen) atoms. The van der Waals surface area contributed by atoms with Gasteiger partial charge in [0.1, 0.15) is 0 Å². The van der Waals surface area contributed by atoms with E-state index in [0.717, 1.165) is 76.9 Å². The van der Waals surface area contributed by atoms with Gasteiger partial charge in [-0.15, -0.1) is 44.2 Å². The van der Waals surface area contributed by atoms with Crippen molar-refractivity contribution in [3.8, 4) is 0 Å². The van der Waals surface area contributed by atoms with Gasteiger partial charge in [0, 0.05) is 12.8 Å². The summed E-state index contributed by atoms with van der Waals surface area (Å²) in [5.74, 6) is -1.77. The number of nitrogens with zero attached hydrogens (tertiary/aromatic N) is 4. The van der Waals surface area contributed by atoms with Crippen LogP contribution in [0.15, 0.2) is 0 Å². The summed E-state index contributed by atoms with van der Waals surface area (Å²) < 4.78 is 0. The second-order valence-corrected chi connectivity index (χ2v) is 10.8. The van der Waals surface area contributed by atoms with Crippen molar-refractivity contribution in [1.82, 2.24) is 19.9 Å². The first-order chi connectivity index (χ1) is 20.0. The quantitative estimate of drug-likeness (QED) is 0.255. The van der Waals surface area contributed by atoms with Crippen LogP contribution in [0.1, 0.15) is 82.8 Å². The van der Waals surface area contributed by atoms with Crippen LogP contribution in [0.5, 0.6) is 0 Å². The molecule has 0 aliphatic carbocycles. The monoisotopic (exact) mass is 618 g/mol. The molecule has 0 radical (unpaired) electrons. The first kappa shape index (κ1) is 31.7. The number of hydrogen-bond donors (Lipinski definition) is 2. The molecule has 5 heterocycles. The fraction of sp³-hybridized carbons (Fsp3) is 0.294. The molecule has 8 bridgehead atoms. The van der Waals surface area contributed by atoms with E-state index in [1.807, 2.05) is 65.0 Å². The maximum absolute atomic E-state index is 11.5. The molecule has 2 N–H and O–H groups in total. The molecule has 0 fully saturated rings. The molecule has 0 saturated heterocycles. The maximum Gasteiger partial charge on any atom is 2.00 e. The van der Waals surface area contributed by atoms with E-state index in [1.54, 1.807) is 0 Å². The molecule has 5 rings (SSSR count). The molecule has 4 aromatic heterocycles. The predicted octanol–water partition coefficient (Wildman–Crippen LogP) is 0.0104. The Labute approximate surface area is 259 Å². The van der Waals surface area contributed by atoms with Gasteiger partial charge >= 0.3 is 29.0 Å². The Balaban J connectivity index is 0.00000423. The van der Waals surface area contributed by atoms with Crippen molar-refractivity contribution in [2.45, 2.75) is 67.2 Å². The summed E-state index contributed by atoms with van der Waals surface area (Å²) in [6.07, 6.45) is 12.4. The fourth-order valence-corrected chi connectivity index (χ4v) is 5.83. The molecule has 9 heteroatoms. The van der Waals surface area contributed by atoms with E-state index in [0.29, 0.717) is 23.9 Å². The molecule has 0 amide bonds. The van der Waals surface area contributed by atoms with Crippen LogP contribution in [0.25, 0.3) is 36.5 Å². The number of aromatic nitrogens is 4. The molecule has 0 spiro atoms. The van der Waals surface area contributed by atoms with Gasteiger partial charge in [0.2, 0.25) is 0 Å². The van der Waals surface area contributed by atoms with Gasteiger partial charge in [-0.1, -0.05) is 69.8 Å². The second kappa shape index (κ2) is 12.6. The third-order valence-electron chi connectivity index (χ3n) is 8.23. The summed E-state index contributed by atoms with van der Waals surface area (Å²) in [5.41, 5.74) is 8.51. The van der Waals surface area contributed by atoms with Crippen molar-refractivity contribution >= 4 is 48.4 Å². The molecule has 8 nitrogen and oxygen atoms in total. The zero-order valence-corrected chi connectivity index (χ0v) is 26.3. The van der Waals surface area contributed by atoms with Crippen molar-refractivity contribution in [2.24, 2.45) is 0 Å². The van der Waals surface area contributed by atoms with Gasteiger partial charge in [-0.2, -0.15) is 0 Å². The summed E-state index contributed by atoms with van der Waals surface area (Å²) in [4.78, 5) is 42.9. The Hall–Kier alpha value is -4.20. The molecular formula is C34H34FeN4O4-2. The predicted molar refractivity (Wildman–Crippen MR) is 162 cm³/mol. The minimum atomic E-state index is -0.886. The number of carbonyl (C=O) groups is 2. The Morgan fingerprint density at radius 3 is 1.51 bits per heavy atom. The van der Waals surface area contributed by atoms with Crippen LogP contribution in [-0.4, -0.2) is 22.2 Å². The van der Waals surface area contributed by atoms with Gasteiger partial charge in [0.15, 0.2) is 0 Å². The van der Waals surface area contributed by atoms with E-state index in [2.05, 4.69) is 13.0 Å². The van der Waals surface area contributed by atoms with Gasteiger partial charge < -0.3 is 30.1 Å². The van der Waals surface area contributed by atoms with Crippen LogP contribution in [0.2, 0.25) is 0 Å². The van der Waals surface area contributed by atoms with Crippen LogP contribution >= 0.6 is 0 Å². The third-order valence-corrected chi connectivity index (χ3v) is 8.23. The molecule has 1 aliphatic heterocycles. The largest absolute Gasteiger partial charge is 2.00 e. The molecule has 0 saturated carbocycles. The number of hydrogen-bond acceptors (Lipinski definition) is 2. The number of carboxylic acid groups (broad SMARTS) is 2. The SMILES string of the molecule is C/C=c1\c(C)c2[n-]\c1=C/c1[n-]c(c(CCC(=O)O)c1C)/C=c1\[n-]/c(c(C)c1CCC(=O)O)=C/c1[n-]c(/c(=C/C)c1C)=C\2.[Fe+2]. The standard InChI is InChI=1S/C34H34N4O4.Fe/c1-7-21-17(3)25-13-26-19(5)23(9-11-33(39)40)31(37-26)16-32-24(10-12-34(41)42)20(6)28(38-32)15-30-22(8-2)18(4)27(36-30)14-29(21)35-25;/h7-8,13-16H,9-12H2,1-6H3,(H,39,40)(H,41,42);/q-4;+2/b21-7+,22-8+,26-13+,29-14-,30-15-,31-16-;. The van der Waals surface area contributed by atoms with E-state index >= 15 is 0 Å². The summed E-state index contributed by atoms with van der Waals surface area (Å²) in [5, 5.41) is 23.9. The summed E-state index contributed by atoms with van der Waals surface area (Å²) in [6, 6.07) is 0. The maximum atomic E-state index is 11.5. The van der Waals surface area contributed by atoms with Crippen molar-refractivity contribution in [1.29, 1.82) is 0 Å². The minimum Gasteiger partial charge on any atom is -0.657 e. The number of carboxylic acids is 2. The zero-order chi connectivity index (χ0) is 30.3. The Morgan fingerprint density at radius 2 is 1.02 bits per heavy atom. The zero-order valence-electron chi connectivity index (χ0n) is 25.1. The van der Waals surface area contributed by atoms with Crippen LogP contribution in [-0.2, 0) is 39.5 Å². The fourth-order valence-electron chi connectivity index (χ4n) is 5.83. The summed E-state index contributed by atoms with van der Waals surface area (Å²) >= 11 is 0. The van der Waals surface area contributed by atoms with Crippen LogP contribution in [0, 0.1) is 27.7 Å². The number of rotatable bonds is 6. The van der Waals surface area contributed by atoms with Gasteiger partial charge in [0.05, 0.1) is 0 Å². The van der Waals surface area contributed by atoms with E-state index < -0.39 is 11.9 Å². The van der Waals surface area contributed by atoms with E-state index in [1.165, 1.54) is 0 Å². The normalized spacial score (nSPS) is 16.2. The minimum absolute atomic E-state index is 0. The van der Waals surface area contributed by atoms with Gasteiger partial charge in [-0.05, 0) is 64.8 Å². The van der Waals surface area contributed by atoms with Crippen LogP contribution in [0.4, 0.5) is 0 Å². The Morgan fingerprint density at radius 1 is 0.581 bits per heavy atom. The van der Waals surface area contributed by atoms with Gasteiger partial charge in [-0.25, -0.2) is 0 Å². The average Bonchev–Trinajstić information content (AvgIpc) is 3.59. The topological polar surface area (TPSA) is 131 Å². The van der Waals surface area contributed by atoms with E-state index in [4.69, 9.17) is 19.9 Å². The summed E-state index contributed by atoms with van der Waals surface area (Å²) in [6.45, 7) is 12.0. The smallest absolute Gasteiger partial charge is 0.657 e. The first-order valence-electron chi connectivity index (χ1n) is 14.1. The van der Waals surface area contributed by atoms with E-state index in [9.17, 15) is 19.8 Å². The number of aliphatic carboxylic acids is 2. The van der Waals surface area contributed by atoms with Crippen molar-refractivity contribution in [3.63, 3.8) is 0 Å². The second-order valence-electron chi connectivity index (χ2n) is 10.8. The van der Waals surface area contributed by atoms with Gasteiger partial charge in [-0.3, -0.25) is 9.59 Å². The number of fused-ring (bicyclic) bond motifs is 8. The van der Waals surface area contributed by atoms with Crippen molar-refractivity contribution in [2.75, 3.05) is 0 Å². The Kier molecular flexibility index (Phi) is 9.28. The third kappa shape index (κ3) is 6.01. The molecule has 0 aromatic carbocycles. The summed E-state index contributed by atoms with van der Waals surface area (Å²) in [7, 11) is 0. The van der Waals surface area contributed by atoms with Crippen molar-refractivity contribution < 1.29 is 36.9 Å². The van der Waals surface area contributed by atoms with Crippen molar-refractivity contribution in [3.05, 3.63) is 88.0 Å². The van der Waals surface area contributed by atoms with Crippen LogP contribution in [0.3, 0.4) is 0 Å². The van der Waals surface area contributed by atoms with E-state index in [-0.39, 0.29) is 29.9 Å². The van der Waals surface area contributed by atoms with Gasteiger partial charge in [0.25, 0.3) is 0 Å². The first-order valence-corrected chi connectivity index (χ1v) is 14.1.